The van der Waals surface area contributed by atoms with E-state index in [1.807, 2.05) is 0 Å². The summed E-state index contributed by atoms with van der Waals surface area (Å²) in [4.78, 5) is 24.8. The summed E-state index contributed by atoms with van der Waals surface area (Å²) in [6.45, 7) is 2.86. The third-order valence-corrected chi connectivity index (χ3v) is 2.60. The van der Waals surface area contributed by atoms with Crippen molar-refractivity contribution >= 4 is 5.91 Å². The third kappa shape index (κ3) is 2.23. The van der Waals surface area contributed by atoms with Gasteiger partial charge in [0.25, 0.3) is 11.5 Å². The van der Waals surface area contributed by atoms with Crippen LogP contribution in [-0.4, -0.2) is 46.4 Å². The molecule has 88 valence electrons. The summed E-state index contributed by atoms with van der Waals surface area (Å²) >= 11 is 0. The largest absolute Gasteiger partial charge is 0.392 e. The number of hydrogen-bond acceptors (Lipinski definition) is 5. The minimum Gasteiger partial charge on any atom is -0.392 e. The van der Waals surface area contributed by atoms with Crippen molar-refractivity contribution in [2.75, 3.05) is 19.6 Å². The Labute approximate surface area is 92.0 Å². The second-order valence-electron chi connectivity index (χ2n) is 4.05. The van der Waals surface area contributed by atoms with Crippen molar-refractivity contribution in [3.63, 3.8) is 0 Å². The number of hydrogen-bond donors (Lipinski definition) is 1. The number of aromatic nitrogens is 1. The molecular weight excluding hydrogens is 212 g/mol. The van der Waals surface area contributed by atoms with Gasteiger partial charge in [0.1, 0.15) is 5.76 Å². The molecule has 16 heavy (non-hydrogen) atoms. The molecule has 0 aromatic carbocycles. The summed E-state index contributed by atoms with van der Waals surface area (Å²) in [5.41, 5.74) is -0.442. The molecular formula is C10H14N2O4. The minimum atomic E-state index is -0.442. The number of aryl methyl sites for hydroxylation is 1. The fourth-order valence-electron chi connectivity index (χ4n) is 1.83. The topological polar surface area (TPSA) is 75.7 Å². The Morgan fingerprint density at radius 2 is 2.44 bits per heavy atom. The number of carbonyl (C=O) groups excluding carboxylic acids is 1. The molecule has 1 aliphatic heterocycles. The number of likely N-dealkylation sites (tertiary alicyclic amines) is 1. The maximum atomic E-state index is 11.7. The first-order valence-corrected chi connectivity index (χ1v) is 5.20. The smallest absolute Gasteiger partial charge is 0.290 e. The molecule has 1 N–H and O–H groups in total. The highest BCUT2D eigenvalue weighted by Gasteiger charge is 2.23. The average Bonchev–Trinajstić information content (AvgIpc) is 2.73. The van der Waals surface area contributed by atoms with E-state index in [4.69, 9.17) is 4.52 Å². The quantitative estimate of drug-likeness (QED) is 0.732. The van der Waals surface area contributed by atoms with E-state index < -0.39 is 11.5 Å². The maximum Gasteiger partial charge on any atom is 0.290 e. The van der Waals surface area contributed by atoms with Crippen LogP contribution in [-0.2, 0) is 0 Å². The number of aliphatic hydroxyl groups is 1. The van der Waals surface area contributed by atoms with Crippen LogP contribution in [0.3, 0.4) is 0 Å². The van der Waals surface area contributed by atoms with Gasteiger partial charge in [-0.15, -0.1) is 4.74 Å². The molecule has 1 unspecified atom stereocenters. The summed E-state index contributed by atoms with van der Waals surface area (Å²) in [6, 6.07) is 1.27. The first kappa shape index (κ1) is 11.1. The van der Waals surface area contributed by atoms with Crippen molar-refractivity contribution in [2.24, 2.45) is 0 Å². The molecule has 1 aromatic heterocycles. The Hall–Kier alpha value is -1.40. The zero-order valence-electron chi connectivity index (χ0n) is 9.05. The fourth-order valence-corrected chi connectivity index (χ4v) is 1.83. The number of aliphatic hydroxyl groups excluding tert-OH is 1. The second-order valence-corrected chi connectivity index (χ2v) is 4.05. The van der Waals surface area contributed by atoms with E-state index in [1.54, 1.807) is 11.8 Å². The summed E-state index contributed by atoms with van der Waals surface area (Å²) in [6.07, 6.45) is 0.294. The van der Waals surface area contributed by atoms with Gasteiger partial charge in [-0.2, -0.15) is 0 Å². The van der Waals surface area contributed by atoms with Crippen molar-refractivity contribution in [1.82, 2.24) is 9.64 Å². The molecule has 1 atom stereocenters. The van der Waals surface area contributed by atoms with E-state index in [-0.39, 0.29) is 12.6 Å². The molecule has 0 aliphatic carbocycles. The van der Waals surface area contributed by atoms with Crippen LogP contribution in [0.15, 0.2) is 15.4 Å². The van der Waals surface area contributed by atoms with Crippen LogP contribution in [0.4, 0.5) is 0 Å². The van der Waals surface area contributed by atoms with Crippen LogP contribution in [0, 0.1) is 6.92 Å². The predicted octanol–water partition coefficient (Wildman–Crippen LogP) is -0.543. The van der Waals surface area contributed by atoms with Crippen LogP contribution < -0.4 is 5.56 Å². The van der Waals surface area contributed by atoms with E-state index in [0.29, 0.717) is 25.3 Å². The van der Waals surface area contributed by atoms with E-state index in [1.165, 1.54) is 6.07 Å². The van der Waals surface area contributed by atoms with Crippen LogP contribution in [0.1, 0.15) is 17.0 Å². The Kier molecular flexibility index (Phi) is 2.93. The normalized spacial score (nSPS) is 21.5. The van der Waals surface area contributed by atoms with E-state index >= 15 is 0 Å². The number of nitrogens with zero attached hydrogens (tertiary/aromatic N) is 2. The molecule has 0 bridgehead atoms. The van der Waals surface area contributed by atoms with Gasteiger partial charge in [0, 0.05) is 19.2 Å². The molecule has 1 aromatic rings. The van der Waals surface area contributed by atoms with Crippen LogP contribution in [0.5, 0.6) is 0 Å². The van der Waals surface area contributed by atoms with Crippen molar-refractivity contribution in [2.45, 2.75) is 19.4 Å². The molecule has 1 fully saturated rings. The third-order valence-electron chi connectivity index (χ3n) is 2.60. The number of β-amino-alcohol motifs (C(OH)–C–C–N with tert-alkyl or cyclic N) is 1. The van der Waals surface area contributed by atoms with E-state index in [2.05, 4.69) is 0 Å². The van der Waals surface area contributed by atoms with Crippen LogP contribution in [0.2, 0.25) is 0 Å². The summed E-state index contributed by atoms with van der Waals surface area (Å²) in [7, 11) is 0. The summed E-state index contributed by atoms with van der Waals surface area (Å²) in [5, 5.41) is 9.30. The Balaban J connectivity index is 2.03. The number of rotatable bonds is 2. The molecule has 0 saturated carbocycles. The molecule has 0 radical (unpaired) electrons. The molecule has 6 heteroatoms. The molecule has 1 aliphatic rings. The summed E-state index contributed by atoms with van der Waals surface area (Å²) in [5.74, 6) is 0.0204. The molecule has 2 rings (SSSR count). The monoisotopic (exact) mass is 226 g/mol. The summed E-state index contributed by atoms with van der Waals surface area (Å²) < 4.78 is 5.74. The van der Waals surface area contributed by atoms with Gasteiger partial charge in [0.05, 0.1) is 12.6 Å². The molecule has 2 heterocycles. The van der Waals surface area contributed by atoms with Gasteiger partial charge in [0.15, 0.2) is 0 Å². The van der Waals surface area contributed by atoms with Crippen LogP contribution in [0.25, 0.3) is 0 Å². The second kappa shape index (κ2) is 4.23. The lowest BCUT2D eigenvalue weighted by atomic mass is 10.3. The Bertz CT molecular complexity index is 448. The highest BCUT2D eigenvalue weighted by molar-refractivity contribution is 5.79. The van der Waals surface area contributed by atoms with E-state index in [9.17, 15) is 14.7 Å². The lowest BCUT2D eigenvalue weighted by Crippen LogP contribution is -2.34. The average molecular weight is 226 g/mol. The SMILES string of the molecule is Cc1cc(=O)n(C(=O)CN2CCC(O)C2)o1. The fraction of sp³-hybridized carbons (Fsp3) is 0.600. The highest BCUT2D eigenvalue weighted by Crippen LogP contribution is 2.08. The lowest BCUT2D eigenvalue weighted by molar-refractivity contribution is 0.0720. The lowest BCUT2D eigenvalue weighted by Gasteiger charge is -2.12. The van der Waals surface area contributed by atoms with E-state index in [0.717, 1.165) is 4.74 Å². The zero-order chi connectivity index (χ0) is 11.7. The zero-order valence-corrected chi connectivity index (χ0v) is 9.05. The number of carbonyl (C=O) groups is 1. The van der Waals surface area contributed by atoms with Gasteiger partial charge in [-0.25, -0.2) is 0 Å². The first-order valence-electron chi connectivity index (χ1n) is 5.20. The standard InChI is InChI=1S/C10H14N2O4/c1-7-4-9(14)12(16-7)10(15)6-11-3-2-8(13)5-11/h4,8,13H,2-3,5-6H2,1H3. The maximum absolute atomic E-state index is 11.7. The highest BCUT2D eigenvalue weighted by atomic mass is 16.5. The van der Waals surface area contributed by atoms with Gasteiger partial charge in [-0.3, -0.25) is 14.5 Å². The van der Waals surface area contributed by atoms with Gasteiger partial charge in [-0.1, -0.05) is 0 Å². The van der Waals surface area contributed by atoms with Gasteiger partial charge in [-0.05, 0) is 13.3 Å². The van der Waals surface area contributed by atoms with Gasteiger partial charge in [0.2, 0.25) is 0 Å². The molecule has 6 nitrogen and oxygen atoms in total. The molecule has 1 saturated heterocycles. The van der Waals surface area contributed by atoms with Crippen molar-refractivity contribution in [3.8, 4) is 0 Å². The van der Waals surface area contributed by atoms with Crippen molar-refractivity contribution in [1.29, 1.82) is 0 Å². The molecule has 0 amide bonds. The molecule has 0 spiro atoms. The Morgan fingerprint density at radius 3 is 2.94 bits per heavy atom. The first-order chi connectivity index (χ1) is 7.56. The minimum absolute atomic E-state index is 0.101. The van der Waals surface area contributed by atoms with Gasteiger partial charge >= 0.3 is 0 Å². The predicted molar refractivity (Wildman–Crippen MR) is 55.4 cm³/mol. The van der Waals surface area contributed by atoms with Gasteiger partial charge < -0.3 is 9.63 Å². The Morgan fingerprint density at radius 1 is 1.69 bits per heavy atom. The van der Waals surface area contributed by atoms with Crippen LogP contribution >= 0.6 is 0 Å². The van der Waals surface area contributed by atoms with Crippen molar-refractivity contribution < 1.29 is 14.4 Å². The van der Waals surface area contributed by atoms with Crippen molar-refractivity contribution in [3.05, 3.63) is 22.2 Å².